The van der Waals surface area contributed by atoms with Gasteiger partial charge < -0.3 is 29.7 Å². The lowest BCUT2D eigenvalue weighted by Crippen LogP contribution is -2.59. The summed E-state index contributed by atoms with van der Waals surface area (Å²) in [5, 5.41) is 13.9. The molecule has 3 amide bonds. The Morgan fingerprint density at radius 3 is 2.33 bits per heavy atom. The fraction of sp³-hybridized carbons (Fsp3) is 0.512. The number of rotatable bonds is 15. The van der Waals surface area contributed by atoms with E-state index in [1.165, 1.54) is 4.90 Å². The monoisotopic (exact) mass is 775 g/mol. The number of alkyl halides is 1. The number of halogens is 1. The maximum absolute atomic E-state index is 15.1. The molecule has 3 saturated heterocycles. The number of fused-ring (bicyclic) bond motifs is 1. The van der Waals surface area contributed by atoms with Crippen LogP contribution in [-0.2, 0) is 28.7 Å². The number of nitrogens with zero attached hydrogens (tertiary/aromatic N) is 2. The average molecular weight is 777 g/mol. The fourth-order valence-corrected chi connectivity index (χ4v) is 9.97. The Bertz CT molecular complexity index is 1620. The molecule has 0 radical (unpaired) electrons. The number of likely N-dealkylation sites (tertiary alicyclic amines) is 1. The zero-order chi connectivity index (χ0) is 37.0. The molecule has 1 saturated carbocycles. The molecule has 0 aromatic heterocycles. The van der Waals surface area contributed by atoms with Crippen molar-refractivity contribution in [2.75, 3.05) is 13.2 Å². The molecule has 10 nitrogen and oxygen atoms in total. The van der Waals surface area contributed by atoms with E-state index >= 15 is 9.59 Å². The summed E-state index contributed by atoms with van der Waals surface area (Å²) in [4.78, 5) is 60.5. The second-order valence-electron chi connectivity index (χ2n) is 14.5. The first-order chi connectivity index (χ1) is 25.2. The van der Waals surface area contributed by atoms with Crippen LogP contribution in [0.15, 0.2) is 86.0 Å². The maximum atomic E-state index is 15.1. The molecule has 9 atom stereocenters. The van der Waals surface area contributed by atoms with E-state index in [1.54, 1.807) is 19.1 Å². The zero-order valence-electron chi connectivity index (χ0n) is 29.8. The van der Waals surface area contributed by atoms with Crippen LogP contribution in [0.25, 0.3) is 0 Å². The minimum atomic E-state index is -1.35. The molecule has 278 valence electrons. The molecule has 2 aromatic rings. The van der Waals surface area contributed by atoms with Crippen molar-refractivity contribution in [3.63, 3.8) is 0 Å². The number of nitrogens with one attached hydrogen (secondary N) is 1. The van der Waals surface area contributed by atoms with E-state index in [-0.39, 0.29) is 29.1 Å². The first-order valence-corrected chi connectivity index (χ1v) is 19.4. The zero-order valence-corrected chi connectivity index (χ0v) is 31.4. The topological polar surface area (TPSA) is 125 Å². The van der Waals surface area contributed by atoms with E-state index in [0.717, 1.165) is 32.1 Å². The number of ether oxygens (including phenoxy) is 2. The van der Waals surface area contributed by atoms with Crippen molar-refractivity contribution in [1.29, 1.82) is 0 Å². The molecule has 2 N–H and O–H groups in total. The van der Waals surface area contributed by atoms with Gasteiger partial charge in [0.25, 0.3) is 0 Å². The highest BCUT2D eigenvalue weighted by Crippen LogP contribution is 2.61. The second kappa shape index (κ2) is 16.5. The summed E-state index contributed by atoms with van der Waals surface area (Å²) in [7, 11) is 0. The normalized spacial score (nSPS) is 28.4. The van der Waals surface area contributed by atoms with Gasteiger partial charge in [0.2, 0.25) is 17.7 Å². The molecule has 4 fully saturated rings. The Labute approximate surface area is 314 Å². The van der Waals surface area contributed by atoms with Gasteiger partial charge in [-0.15, -0.1) is 13.2 Å². The van der Waals surface area contributed by atoms with Gasteiger partial charge >= 0.3 is 5.97 Å². The largest absolute Gasteiger partial charge is 0.455 e. The van der Waals surface area contributed by atoms with Gasteiger partial charge in [0.1, 0.15) is 17.7 Å². The molecule has 2 bridgehead atoms. The van der Waals surface area contributed by atoms with Crippen LogP contribution >= 0.6 is 15.9 Å². The number of hydrogen-bond acceptors (Lipinski definition) is 7. The quantitative estimate of drug-likeness (QED) is 0.138. The number of amides is 3. The molecular weight excluding hydrogens is 726 g/mol. The van der Waals surface area contributed by atoms with Gasteiger partial charge in [-0.25, -0.2) is 0 Å². The van der Waals surface area contributed by atoms with Crippen LogP contribution < -0.4 is 5.32 Å². The number of benzene rings is 2. The lowest BCUT2D eigenvalue weighted by Gasteiger charge is -2.42. The van der Waals surface area contributed by atoms with Crippen LogP contribution in [0.4, 0.5) is 0 Å². The van der Waals surface area contributed by atoms with Crippen molar-refractivity contribution >= 4 is 39.6 Å². The third-order valence-electron chi connectivity index (χ3n) is 11.3. The summed E-state index contributed by atoms with van der Waals surface area (Å²) in [6.07, 6.45) is 7.67. The van der Waals surface area contributed by atoms with E-state index in [4.69, 9.17) is 9.47 Å². The van der Waals surface area contributed by atoms with E-state index in [1.807, 2.05) is 65.6 Å². The Morgan fingerprint density at radius 2 is 1.71 bits per heavy atom. The number of allylic oxidation sites excluding steroid dienone is 1. The van der Waals surface area contributed by atoms with E-state index in [9.17, 15) is 14.7 Å². The summed E-state index contributed by atoms with van der Waals surface area (Å²) in [5.41, 5.74) is 0.0142. The molecule has 3 aliphatic heterocycles. The SMILES string of the molecule is C=CCCC(=O)N[C@H](C)[C@@H](OC(=O)[C@H]1[C@@H]2O[C@@]3(CC2Br)[C@@H]1C(=O)N([C@H](CO)c1ccccc1)[C@@H]3C(=O)N(CC=C)C1CCCCC1)c1ccccc1. The molecule has 4 aliphatic rings. The maximum Gasteiger partial charge on any atom is 0.313 e. The van der Waals surface area contributed by atoms with Crippen LogP contribution in [0.5, 0.6) is 0 Å². The number of aliphatic hydroxyl groups is 1. The number of carbonyl (C=O) groups is 4. The lowest BCUT2D eigenvalue weighted by molar-refractivity contribution is -0.162. The van der Waals surface area contributed by atoms with Gasteiger partial charge in [-0.1, -0.05) is 108 Å². The number of esters is 1. The highest BCUT2D eigenvalue weighted by atomic mass is 79.9. The van der Waals surface area contributed by atoms with Gasteiger partial charge in [0.05, 0.1) is 36.6 Å². The van der Waals surface area contributed by atoms with E-state index in [2.05, 4.69) is 34.4 Å². The molecule has 1 aliphatic carbocycles. The molecular formula is C41H50BrN3O7. The summed E-state index contributed by atoms with van der Waals surface area (Å²) in [6, 6.07) is 15.8. The molecule has 1 spiro atoms. The molecule has 2 aromatic carbocycles. The smallest absolute Gasteiger partial charge is 0.313 e. The molecule has 6 rings (SSSR count). The van der Waals surface area contributed by atoms with Crippen molar-refractivity contribution in [2.45, 2.75) is 105 Å². The summed E-state index contributed by atoms with van der Waals surface area (Å²) in [5.74, 6) is -3.60. The predicted octanol–water partition coefficient (Wildman–Crippen LogP) is 5.57. The molecule has 3 heterocycles. The highest BCUT2D eigenvalue weighted by molar-refractivity contribution is 9.09. The molecule has 11 heteroatoms. The highest BCUT2D eigenvalue weighted by Gasteiger charge is 2.78. The standard InChI is InChI=1S/C41H50BrN3O7/c1-4-6-22-32(47)43-26(3)35(28-18-12-8-13-19-28)51-40(50)33-34-38(48)45(31(25-46)27-16-10-7-11-17-27)37(41(34)24-30(42)36(33)52-41)39(49)44(23-5-2)29-20-14-9-15-21-29/h4-5,7-8,10-13,16-19,26,29-31,33-37,46H,1-2,6,9,14-15,20-25H2,3H3,(H,43,47)/t26-,30?,31-,33-,34+,35-,36-,37-,41+/m1/s1. The minimum absolute atomic E-state index is 0.0232. The average Bonchev–Trinajstić information content (AvgIpc) is 3.76. The minimum Gasteiger partial charge on any atom is -0.455 e. The Balaban J connectivity index is 1.39. The van der Waals surface area contributed by atoms with Gasteiger partial charge in [-0.05, 0) is 43.7 Å². The van der Waals surface area contributed by atoms with E-state index in [0.29, 0.717) is 30.5 Å². The Kier molecular flexibility index (Phi) is 12.0. The van der Waals surface area contributed by atoms with Gasteiger partial charge in [-0.3, -0.25) is 19.2 Å². The van der Waals surface area contributed by atoms with Gasteiger partial charge in [0.15, 0.2) is 0 Å². The molecule has 52 heavy (non-hydrogen) atoms. The predicted molar refractivity (Wildman–Crippen MR) is 200 cm³/mol. The first-order valence-electron chi connectivity index (χ1n) is 18.5. The van der Waals surface area contributed by atoms with Crippen molar-refractivity contribution in [1.82, 2.24) is 15.1 Å². The number of carbonyl (C=O) groups excluding carboxylic acids is 4. The third kappa shape index (κ3) is 7.11. The van der Waals surface area contributed by atoms with Gasteiger partial charge in [-0.2, -0.15) is 0 Å². The van der Waals surface area contributed by atoms with Gasteiger partial charge in [0, 0.05) is 23.8 Å². The van der Waals surface area contributed by atoms with Crippen LogP contribution in [0.1, 0.15) is 81.6 Å². The van der Waals surface area contributed by atoms with Crippen molar-refractivity contribution in [3.05, 3.63) is 97.1 Å². The summed E-state index contributed by atoms with van der Waals surface area (Å²) < 4.78 is 13.1. The lowest BCUT2D eigenvalue weighted by atomic mass is 9.70. The van der Waals surface area contributed by atoms with E-state index < -0.39 is 66.3 Å². The van der Waals surface area contributed by atoms with Crippen molar-refractivity contribution in [2.24, 2.45) is 11.8 Å². The first kappa shape index (κ1) is 37.9. The third-order valence-corrected chi connectivity index (χ3v) is 12.2. The molecule has 1 unspecified atom stereocenters. The van der Waals surface area contributed by atoms with Crippen molar-refractivity contribution in [3.8, 4) is 0 Å². The van der Waals surface area contributed by atoms with Crippen LogP contribution in [0.3, 0.4) is 0 Å². The van der Waals surface area contributed by atoms with Crippen LogP contribution in [0, 0.1) is 11.8 Å². The summed E-state index contributed by atoms with van der Waals surface area (Å²) >= 11 is 3.77. The Morgan fingerprint density at radius 1 is 1.06 bits per heavy atom. The van der Waals surface area contributed by atoms with Crippen LogP contribution in [-0.4, -0.2) is 86.4 Å². The van der Waals surface area contributed by atoms with Crippen molar-refractivity contribution < 1.29 is 33.8 Å². The number of aliphatic hydroxyl groups excluding tert-OH is 1. The second-order valence-corrected chi connectivity index (χ2v) is 15.7. The Hall–Kier alpha value is -3.80. The van der Waals surface area contributed by atoms with Crippen LogP contribution in [0.2, 0.25) is 0 Å². The summed E-state index contributed by atoms with van der Waals surface area (Å²) in [6.45, 7) is 9.31. The number of hydrogen-bond donors (Lipinski definition) is 2. The fourth-order valence-electron chi connectivity index (χ4n) is 9.03.